The zero-order valence-electron chi connectivity index (χ0n) is 21.3. The van der Waals surface area contributed by atoms with E-state index in [4.69, 9.17) is 10.7 Å². The zero-order chi connectivity index (χ0) is 27.0. The third kappa shape index (κ3) is 5.73. The second-order valence-electron chi connectivity index (χ2n) is 10.7. The van der Waals surface area contributed by atoms with Crippen LogP contribution in [0.4, 0.5) is 17.5 Å². The van der Waals surface area contributed by atoms with Gasteiger partial charge in [0.15, 0.2) is 5.82 Å². The van der Waals surface area contributed by atoms with Crippen molar-refractivity contribution < 1.29 is 23.5 Å². The molecule has 2 atom stereocenters. The highest BCUT2D eigenvalue weighted by Gasteiger charge is 2.41. The third-order valence-electron chi connectivity index (χ3n) is 6.01. The van der Waals surface area contributed by atoms with Gasteiger partial charge in [0.05, 0.1) is 11.3 Å². The maximum atomic E-state index is 13.9. The Morgan fingerprint density at radius 3 is 2.44 bits per heavy atom. The first kappa shape index (κ1) is 27.3. The molecule has 0 radical (unpaired) electrons. The summed E-state index contributed by atoms with van der Waals surface area (Å²) in [4.78, 5) is 36.2. The van der Waals surface area contributed by atoms with Gasteiger partial charge in [0, 0.05) is 23.6 Å². The van der Waals surface area contributed by atoms with E-state index in [1.54, 1.807) is 0 Å². The standard InChI is InChI=1S/C25H33N5O5S/c1-15-13-25(5,6)29(14-15)22-17(12-16(10-11-20(31)32)21(28-22)24(2,3)4)23(33)30(36(34)35)19-9-7-8-18(26)27-19/h7-12,15H,13-14H2,1-6H3,(H2,26,27)(H,31,32)(H,34,35). The smallest absolute Gasteiger partial charge is 0.328 e. The van der Waals surface area contributed by atoms with Gasteiger partial charge in [0.25, 0.3) is 17.2 Å². The quantitative estimate of drug-likeness (QED) is 0.385. The van der Waals surface area contributed by atoms with Crippen molar-refractivity contribution in [3.63, 3.8) is 0 Å². The van der Waals surface area contributed by atoms with E-state index >= 15 is 0 Å². The number of hydrogen-bond donors (Lipinski definition) is 3. The molecule has 2 aromatic heterocycles. The Morgan fingerprint density at radius 2 is 1.94 bits per heavy atom. The molecular weight excluding hydrogens is 482 g/mol. The van der Waals surface area contributed by atoms with Crippen LogP contribution in [0.1, 0.15) is 69.6 Å². The first-order valence-electron chi connectivity index (χ1n) is 11.5. The molecule has 1 aliphatic rings. The molecule has 1 saturated heterocycles. The Bertz CT molecular complexity index is 1240. The molecule has 3 rings (SSSR count). The molecule has 194 valence electrons. The summed E-state index contributed by atoms with van der Waals surface area (Å²) < 4.78 is 23.1. The van der Waals surface area contributed by atoms with E-state index in [1.807, 2.05) is 25.7 Å². The van der Waals surface area contributed by atoms with E-state index in [9.17, 15) is 23.5 Å². The molecule has 2 aromatic rings. The van der Waals surface area contributed by atoms with Crippen molar-refractivity contribution in [3.05, 3.63) is 47.2 Å². The Balaban J connectivity index is 2.33. The molecule has 2 unspecified atom stereocenters. The van der Waals surface area contributed by atoms with Crippen molar-refractivity contribution in [2.45, 2.75) is 58.9 Å². The molecule has 36 heavy (non-hydrogen) atoms. The van der Waals surface area contributed by atoms with Crippen molar-refractivity contribution in [3.8, 4) is 0 Å². The minimum absolute atomic E-state index is 0.0573. The van der Waals surface area contributed by atoms with Crippen molar-refractivity contribution >= 4 is 46.7 Å². The molecule has 0 aromatic carbocycles. The number of carboxylic acids is 1. The molecule has 1 fully saturated rings. The van der Waals surface area contributed by atoms with Crippen molar-refractivity contribution in [1.82, 2.24) is 9.97 Å². The molecule has 1 amide bonds. The molecule has 11 heteroatoms. The van der Waals surface area contributed by atoms with Crippen LogP contribution >= 0.6 is 0 Å². The lowest BCUT2D eigenvalue weighted by atomic mass is 9.87. The average Bonchev–Trinajstić information content (AvgIpc) is 3.02. The lowest BCUT2D eigenvalue weighted by Crippen LogP contribution is -2.42. The van der Waals surface area contributed by atoms with Crippen LogP contribution in [0, 0.1) is 5.92 Å². The van der Waals surface area contributed by atoms with Gasteiger partial charge in [-0.25, -0.2) is 19.0 Å². The number of nitrogen functional groups attached to an aromatic ring is 1. The van der Waals surface area contributed by atoms with E-state index in [0.29, 0.717) is 33.8 Å². The Labute approximate surface area is 213 Å². The van der Waals surface area contributed by atoms with Crippen LogP contribution < -0.4 is 14.9 Å². The van der Waals surface area contributed by atoms with Gasteiger partial charge in [-0.2, -0.15) is 4.31 Å². The van der Waals surface area contributed by atoms with Crippen LogP contribution in [0.2, 0.25) is 0 Å². The summed E-state index contributed by atoms with van der Waals surface area (Å²) in [5.74, 6) is -1.28. The van der Waals surface area contributed by atoms with Crippen LogP contribution in [-0.4, -0.2) is 47.8 Å². The SMILES string of the molecule is CC1CN(c2nc(C(C)(C)C)c(C=CC(=O)O)cc2C(=O)N(c2cccc(N)n2)S(=O)O)C(C)(C)C1. The van der Waals surface area contributed by atoms with Gasteiger partial charge in [-0.15, -0.1) is 0 Å². The van der Waals surface area contributed by atoms with Gasteiger partial charge in [0.1, 0.15) is 11.6 Å². The summed E-state index contributed by atoms with van der Waals surface area (Å²) in [5.41, 5.74) is 6.01. The molecule has 0 aliphatic carbocycles. The number of nitrogens with zero attached hydrogens (tertiary/aromatic N) is 4. The van der Waals surface area contributed by atoms with Crippen molar-refractivity contribution in [2.24, 2.45) is 5.92 Å². The summed E-state index contributed by atoms with van der Waals surface area (Å²) in [7, 11) is 0. The van der Waals surface area contributed by atoms with Crippen molar-refractivity contribution in [1.29, 1.82) is 0 Å². The Kier molecular flexibility index (Phi) is 7.56. The maximum absolute atomic E-state index is 13.9. The van der Waals surface area contributed by atoms with Gasteiger partial charge >= 0.3 is 5.97 Å². The maximum Gasteiger partial charge on any atom is 0.328 e. The average molecular weight is 516 g/mol. The largest absolute Gasteiger partial charge is 0.478 e. The van der Waals surface area contributed by atoms with Crippen molar-refractivity contribution in [2.75, 3.05) is 21.5 Å². The highest BCUT2D eigenvalue weighted by molar-refractivity contribution is 7.81. The Morgan fingerprint density at radius 1 is 1.28 bits per heavy atom. The summed E-state index contributed by atoms with van der Waals surface area (Å²) in [6.07, 6.45) is 3.22. The number of aromatic nitrogens is 2. The third-order valence-corrected chi connectivity index (χ3v) is 6.68. The molecular formula is C25H33N5O5S. The van der Waals surface area contributed by atoms with Gasteiger partial charge in [-0.3, -0.25) is 9.35 Å². The van der Waals surface area contributed by atoms with Crippen LogP contribution in [0.15, 0.2) is 30.3 Å². The normalized spacial score (nSPS) is 18.4. The molecule has 0 bridgehead atoms. The number of nitrogens with two attached hydrogens (primary N) is 1. The number of pyridine rings is 2. The van der Waals surface area contributed by atoms with Gasteiger partial charge in [-0.1, -0.05) is 33.8 Å². The lowest BCUT2D eigenvalue weighted by Gasteiger charge is -2.35. The van der Waals surface area contributed by atoms with E-state index in [0.717, 1.165) is 12.5 Å². The van der Waals surface area contributed by atoms with E-state index in [1.165, 1.54) is 30.3 Å². The second-order valence-corrected chi connectivity index (χ2v) is 11.5. The molecule has 4 N–H and O–H groups in total. The Hall–Kier alpha value is -3.31. The van der Waals surface area contributed by atoms with E-state index in [-0.39, 0.29) is 22.7 Å². The molecule has 0 spiro atoms. The number of anilines is 3. The zero-order valence-corrected chi connectivity index (χ0v) is 22.2. The van der Waals surface area contributed by atoms with E-state index in [2.05, 4.69) is 25.8 Å². The predicted molar refractivity (Wildman–Crippen MR) is 141 cm³/mol. The van der Waals surface area contributed by atoms with Gasteiger partial charge < -0.3 is 15.7 Å². The fraction of sp³-hybridized carbons (Fsp3) is 0.440. The number of carbonyl (C=O) groups excluding carboxylic acids is 1. The van der Waals surface area contributed by atoms with Gasteiger partial charge in [0.2, 0.25) is 0 Å². The summed E-state index contributed by atoms with van der Waals surface area (Å²) >= 11 is -2.76. The number of amides is 1. The predicted octanol–water partition coefficient (Wildman–Crippen LogP) is 3.86. The van der Waals surface area contributed by atoms with Gasteiger partial charge in [-0.05, 0) is 56.0 Å². The van der Waals surface area contributed by atoms with Crippen LogP contribution in [0.25, 0.3) is 6.08 Å². The summed E-state index contributed by atoms with van der Waals surface area (Å²) in [6, 6.07) is 5.97. The first-order valence-corrected chi connectivity index (χ1v) is 12.6. The molecule has 3 heterocycles. The second kappa shape index (κ2) is 9.98. The highest BCUT2D eigenvalue weighted by atomic mass is 32.2. The number of carboxylic acid groups (broad SMARTS) is 1. The molecule has 0 saturated carbocycles. The topological polar surface area (TPSA) is 150 Å². The number of carbonyl (C=O) groups is 2. The minimum atomic E-state index is -2.76. The lowest BCUT2D eigenvalue weighted by molar-refractivity contribution is -0.131. The number of rotatable bonds is 6. The number of hydrogen-bond acceptors (Lipinski definition) is 7. The summed E-state index contributed by atoms with van der Waals surface area (Å²) in [6.45, 7) is 12.7. The van der Waals surface area contributed by atoms with E-state index < -0.39 is 28.6 Å². The van der Waals surface area contributed by atoms with Crippen LogP contribution in [0.5, 0.6) is 0 Å². The fourth-order valence-electron chi connectivity index (χ4n) is 4.65. The van der Waals surface area contributed by atoms with Crippen LogP contribution in [0.3, 0.4) is 0 Å². The molecule has 1 aliphatic heterocycles. The first-order chi connectivity index (χ1) is 16.6. The summed E-state index contributed by atoms with van der Waals surface area (Å²) in [5, 5.41) is 9.22. The number of aliphatic carboxylic acids is 1. The van der Waals surface area contributed by atoms with Crippen LogP contribution in [-0.2, 0) is 21.5 Å². The monoisotopic (exact) mass is 515 g/mol. The molecule has 10 nitrogen and oxygen atoms in total. The highest BCUT2D eigenvalue weighted by Crippen LogP contribution is 2.40. The fourth-order valence-corrected chi connectivity index (χ4v) is 5.15. The minimum Gasteiger partial charge on any atom is -0.478 e.